The smallest absolute Gasteiger partial charge is 0.248 e. The molecule has 0 aliphatic carbocycles. The summed E-state index contributed by atoms with van der Waals surface area (Å²) in [5.74, 6) is -0.0964. The van der Waals surface area contributed by atoms with Crippen LogP contribution in [0.5, 0.6) is 0 Å². The second kappa shape index (κ2) is 12.2. The van der Waals surface area contributed by atoms with Crippen LogP contribution >= 0.6 is 23.2 Å². The van der Waals surface area contributed by atoms with Gasteiger partial charge in [0.15, 0.2) is 0 Å². The fourth-order valence-corrected chi connectivity index (χ4v) is 7.78. The average molecular weight is 555 g/mol. The molecule has 0 spiro atoms. The van der Waals surface area contributed by atoms with Gasteiger partial charge in [0.1, 0.15) is 11.5 Å². The normalized spacial score (nSPS) is 21.5. The average Bonchev–Trinajstić information content (AvgIpc) is 3.32. The third-order valence-corrected chi connectivity index (χ3v) is 9.94. The van der Waals surface area contributed by atoms with Gasteiger partial charge in [-0.2, -0.15) is 4.31 Å². The number of sulfonamides is 1. The highest BCUT2D eigenvalue weighted by Gasteiger charge is 2.36. The van der Waals surface area contributed by atoms with Crippen molar-refractivity contribution in [3.05, 3.63) is 64.1 Å². The van der Waals surface area contributed by atoms with Crippen LogP contribution in [0.2, 0.25) is 10.0 Å². The van der Waals surface area contributed by atoms with Gasteiger partial charge in [-0.1, -0.05) is 66.0 Å². The number of carbonyl (C=O) groups excluding carboxylic acids is 1. The van der Waals surface area contributed by atoms with Crippen LogP contribution in [-0.2, 0) is 26.1 Å². The van der Waals surface area contributed by atoms with Crippen molar-refractivity contribution in [2.75, 3.05) is 39.9 Å². The van der Waals surface area contributed by atoms with E-state index in [9.17, 15) is 13.2 Å². The van der Waals surface area contributed by atoms with Crippen LogP contribution in [-0.4, -0.2) is 80.4 Å². The number of piperidine rings is 1. The molecule has 7 nitrogen and oxygen atoms in total. The van der Waals surface area contributed by atoms with Crippen LogP contribution in [0, 0.1) is 0 Å². The lowest BCUT2D eigenvalue weighted by Crippen LogP contribution is -2.47. The molecule has 0 radical (unpaired) electrons. The maximum atomic E-state index is 13.4. The molecule has 2 aliphatic heterocycles. The number of carbonyl (C=O) groups is 1. The molecule has 0 saturated carbocycles. The Bertz CT molecular complexity index is 1130. The Hall–Kier alpha value is -1.68. The molecular formula is C26H33Cl2N3O4S. The Balaban J connectivity index is 1.30. The molecule has 0 bridgehead atoms. The van der Waals surface area contributed by atoms with Crippen molar-refractivity contribution < 1.29 is 17.9 Å². The van der Waals surface area contributed by atoms with Gasteiger partial charge in [0.2, 0.25) is 15.9 Å². The van der Waals surface area contributed by atoms with E-state index in [2.05, 4.69) is 17.0 Å². The fourth-order valence-electron chi connectivity index (χ4n) is 5.00. The van der Waals surface area contributed by atoms with Crippen LogP contribution < -0.4 is 0 Å². The van der Waals surface area contributed by atoms with Gasteiger partial charge in [-0.3, -0.25) is 9.69 Å². The van der Waals surface area contributed by atoms with E-state index in [0.29, 0.717) is 13.0 Å². The summed E-state index contributed by atoms with van der Waals surface area (Å²) in [7, 11) is -2.08. The molecule has 2 aliphatic rings. The lowest BCUT2D eigenvalue weighted by atomic mass is 10.1. The lowest BCUT2D eigenvalue weighted by molar-refractivity contribution is -0.137. The van der Waals surface area contributed by atoms with Crippen molar-refractivity contribution in [3.8, 4) is 0 Å². The fraction of sp³-hybridized carbons (Fsp3) is 0.500. The summed E-state index contributed by atoms with van der Waals surface area (Å²) in [5.41, 5.74) is 1.26. The summed E-state index contributed by atoms with van der Waals surface area (Å²) >= 11 is 12.4. The lowest BCUT2D eigenvalue weighted by Gasteiger charge is -2.35. The molecule has 4 rings (SSSR count). The molecule has 0 N–H and O–H groups in total. The van der Waals surface area contributed by atoms with Crippen molar-refractivity contribution in [2.45, 2.75) is 49.2 Å². The molecule has 2 aromatic carbocycles. The van der Waals surface area contributed by atoms with E-state index in [1.165, 1.54) is 22.0 Å². The summed E-state index contributed by atoms with van der Waals surface area (Å²) in [5, 5.41) is 0.199. The van der Waals surface area contributed by atoms with Gasteiger partial charge in [0.05, 0.1) is 16.7 Å². The van der Waals surface area contributed by atoms with Crippen LogP contribution in [0.1, 0.15) is 31.2 Å². The Morgan fingerprint density at radius 3 is 2.47 bits per heavy atom. The molecule has 2 unspecified atom stereocenters. The monoisotopic (exact) mass is 553 g/mol. The molecule has 2 atom stereocenters. The van der Waals surface area contributed by atoms with E-state index >= 15 is 0 Å². The molecule has 2 fully saturated rings. The highest BCUT2D eigenvalue weighted by molar-refractivity contribution is 7.89. The van der Waals surface area contributed by atoms with Gasteiger partial charge in [-0.15, -0.1) is 0 Å². The minimum atomic E-state index is -3.90. The number of nitrogens with zero attached hydrogens (tertiary/aromatic N) is 3. The summed E-state index contributed by atoms with van der Waals surface area (Å²) in [6, 6.07) is 14.7. The largest absolute Gasteiger partial charge is 0.370 e. The summed E-state index contributed by atoms with van der Waals surface area (Å²) in [6.45, 7) is 3.07. The van der Waals surface area contributed by atoms with E-state index in [-0.39, 0.29) is 46.1 Å². The number of amides is 1. The summed E-state index contributed by atoms with van der Waals surface area (Å²) < 4.78 is 34.0. The summed E-state index contributed by atoms with van der Waals surface area (Å²) in [4.78, 5) is 16.9. The van der Waals surface area contributed by atoms with Crippen molar-refractivity contribution in [2.24, 2.45) is 0 Å². The van der Waals surface area contributed by atoms with Gasteiger partial charge >= 0.3 is 0 Å². The van der Waals surface area contributed by atoms with Crippen LogP contribution in [0.25, 0.3) is 0 Å². The van der Waals surface area contributed by atoms with E-state index in [1.54, 1.807) is 11.0 Å². The number of likely N-dealkylation sites (N-methyl/N-ethyl adjacent to an activating group) is 1. The Kier molecular flexibility index (Phi) is 9.30. The zero-order valence-corrected chi connectivity index (χ0v) is 22.8. The van der Waals surface area contributed by atoms with Gasteiger partial charge in [0, 0.05) is 45.3 Å². The third kappa shape index (κ3) is 6.41. The number of halogens is 2. The van der Waals surface area contributed by atoms with E-state index < -0.39 is 10.0 Å². The quantitative estimate of drug-likeness (QED) is 0.463. The van der Waals surface area contributed by atoms with Gasteiger partial charge in [-0.25, -0.2) is 8.42 Å². The Morgan fingerprint density at radius 2 is 1.75 bits per heavy atom. The molecule has 2 saturated heterocycles. The minimum absolute atomic E-state index is 0.0719. The predicted octanol–water partition coefficient (Wildman–Crippen LogP) is 4.29. The molecule has 2 aromatic rings. The van der Waals surface area contributed by atoms with Crippen molar-refractivity contribution in [1.82, 2.24) is 14.1 Å². The van der Waals surface area contributed by atoms with Gasteiger partial charge in [0.25, 0.3) is 0 Å². The van der Waals surface area contributed by atoms with Gasteiger partial charge in [-0.05, 0) is 37.0 Å². The molecule has 1 amide bonds. The topological polar surface area (TPSA) is 70.2 Å². The van der Waals surface area contributed by atoms with Gasteiger partial charge < -0.3 is 9.64 Å². The van der Waals surface area contributed by atoms with Crippen molar-refractivity contribution in [1.29, 1.82) is 0 Å². The molecule has 10 heteroatoms. The maximum Gasteiger partial charge on any atom is 0.248 e. The van der Waals surface area contributed by atoms with Crippen molar-refractivity contribution >= 4 is 39.1 Å². The molecular weight excluding hydrogens is 521 g/mol. The first-order valence-electron chi connectivity index (χ1n) is 12.3. The SMILES string of the molecule is CN(C(=O)COCC1CCCCN1S(=O)(=O)c1c(Cl)cccc1Cl)C1CCN(Cc2ccccc2)C1. The zero-order valence-electron chi connectivity index (χ0n) is 20.5. The molecule has 196 valence electrons. The number of likely N-dealkylation sites (tertiary alicyclic amines) is 1. The molecule has 2 heterocycles. The summed E-state index contributed by atoms with van der Waals surface area (Å²) in [6.07, 6.45) is 3.22. The number of rotatable bonds is 9. The van der Waals surface area contributed by atoms with E-state index in [4.69, 9.17) is 27.9 Å². The number of ether oxygens (including phenoxy) is 1. The first-order chi connectivity index (χ1) is 17.3. The second-order valence-electron chi connectivity index (χ2n) is 9.50. The molecule has 36 heavy (non-hydrogen) atoms. The van der Waals surface area contributed by atoms with Crippen LogP contribution in [0.15, 0.2) is 53.4 Å². The molecule has 0 aromatic heterocycles. The van der Waals surface area contributed by atoms with Crippen LogP contribution in [0.3, 0.4) is 0 Å². The maximum absolute atomic E-state index is 13.4. The zero-order chi connectivity index (χ0) is 25.7. The first kappa shape index (κ1) is 27.4. The Morgan fingerprint density at radius 1 is 1.03 bits per heavy atom. The number of benzene rings is 2. The Labute approximate surface area is 224 Å². The highest BCUT2D eigenvalue weighted by Crippen LogP contribution is 2.34. The minimum Gasteiger partial charge on any atom is -0.370 e. The predicted molar refractivity (Wildman–Crippen MR) is 142 cm³/mol. The third-order valence-electron chi connectivity index (χ3n) is 7.03. The van der Waals surface area contributed by atoms with Crippen molar-refractivity contribution in [3.63, 3.8) is 0 Å². The second-order valence-corrected chi connectivity index (χ2v) is 12.1. The van der Waals surface area contributed by atoms with E-state index in [0.717, 1.165) is 38.9 Å². The first-order valence-corrected chi connectivity index (χ1v) is 14.5. The number of hydrogen-bond donors (Lipinski definition) is 0. The van der Waals surface area contributed by atoms with Crippen LogP contribution in [0.4, 0.5) is 0 Å². The number of hydrogen-bond acceptors (Lipinski definition) is 5. The highest BCUT2D eigenvalue weighted by atomic mass is 35.5. The standard InChI is InChI=1S/C26H33Cl2N3O4S/c1-29(21-13-15-30(17-21)16-20-8-3-2-4-9-20)25(32)19-35-18-22-10-5-6-14-31(22)36(33,34)26-23(27)11-7-12-24(26)28/h2-4,7-9,11-12,21-22H,5-6,10,13-19H2,1H3. The van der Waals surface area contributed by atoms with E-state index in [1.807, 2.05) is 25.2 Å².